The second-order valence-corrected chi connectivity index (χ2v) is 11.6. The summed E-state index contributed by atoms with van der Waals surface area (Å²) < 4.78 is 5.43. The molecule has 214 valence electrons. The Labute approximate surface area is 241 Å². The Morgan fingerprint density at radius 2 is 1.66 bits per heavy atom. The number of rotatable bonds is 8. The van der Waals surface area contributed by atoms with Crippen LogP contribution in [0.2, 0.25) is 0 Å². The second-order valence-electron chi connectivity index (χ2n) is 11.6. The van der Waals surface area contributed by atoms with Gasteiger partial charge < -0.3 is 19.9 Å². The minimum atomic E-state index is -0.0552. The van der Waals surface area contributed by atoms with Crippen LogP contribution in [0.1, 0.15) is 46.2 Å². The molecule has 1 aromatic carbocycles. The van der Waals surface area contributed by atoms with E-state index in [9.17, 15) is 9.59 Å². The number of benzene rings is 1. The van der Waals surface area contributed by atoms with Gasteiger partial charge in [0.05, 0.1) is 35.5 Å². The predicted molar refractivity (Wildman–Crippen MR) is 155 cm³/mol. The molecule has 9 nitrogen and oxygen atoms in total. The summed E-state index contributed by atoms with van der Waals surface area (Å²) in [4.78, 5) is 44.4. The molecule has 3 aliphatic rings. The lowest BCUT2D eigenvalue weighted by atomic mass is 10.0. The van der Waals surface area contributed by atoms with Crippen LogP contribution in [0.5, 0.6) is 0 Å². The minimum Gasteiger partial charge on any atom is -0.381 e. The van der Waals surface area contributed by atoms with E-state index in [-0.39, 0.29) is 23.8 Å². The van der Waals surface area contributed by atoms with Crippen LogP contribution in [0.25, 0.3) is 11.4 Å². The first-order valence-corrected chi connectivity index (χ1v) is 14.7. The molecule has 2 amide bonds. The fourth-order valence-corrected chi connectivity index (χ4v) is 6.60. The Morgan fingerprint density at radius 1 is 0.976 bits per heavy atom. The molecule has 0 bridgehead atoms. The predicted octanol–water partition coefficient (Wildman–Crippen LogP) is 3.44. The van der Waals surface area contributed by atoms with Crippen molar-refractivity contribution in [3.05, 3.63) is 77.4 Å². The smallest absolute Gasteiger partial charge is 0.257 e. The van der Waals surface area contributed by atoms with Gasteiger partial charge in [0.25, 0.3) is 5.91 Å². The SMILES string of the molecule is Cc1nc(-c2ccncc2)nc(C)c1C(=O)N1CC2CN(CC[C@H](NC(=O)C3CCOC3)c3ccccc3)CC2C1. The molecule has 4 atom stereocenters. The van der Waals surface area contributed by atoms with Crippen LogP contribution in [-0.4, -0.2) is 82.5 Å². The van der Waals surface area contributed by atoms with Crippen molar-refractivity contribution in [2.45, 2.75) is 32.7 Å². The number of fused-ring (bicyclic) bond motifs is 1. The number of nitrogens with one attached hydrogen (secondary N) is 1. The molecule has 2 aromatic heterocycles. The molecular weight excluding hydrogens is 516 g/mol. The lowest BCUT2D eigenvalue weighted by molar-refractivity contribution is -0.125. The zero-order valence-electron chi connectivity index (χ0n) is 23.8. The number of carbonyl (C=O) groups excluding carboxylic acids is 2. The zero-order chi connectivity index (χ0) is 28.3. The third kappa shape index (κ3) is 6.01. The van der Waals surface area contributed by atoms with Gasteiger partial charge in [0, 0.05) is 57.3 Å². The average molecular weight is 555 g/mol. The molecule has 3 fully saturated rings. The van der Waals surface area contributed by atoms with Gasteiger partial charge in [-0.05, 0) is 56.2 Å². The van der Waals surface area contributed by atoms with E-state index in [4.69, 9.17) is 4.74 Å². The molecule has 3 unspecified atom stereocenters. The summed E-state index contributed by atoms with van der Waals surface area (Å²) in [5, 5.41) is 3.30. The first-order valence-electron chi connectivity index (χ1n) is 14.7. The maximum atomic E-state index is 13.6. The van der Waals surface area contributed by atoms with Crippen molar-refractivity contribution in [1.29, 1.82) is 0 Å². The highest BCUT2D eigenvalue weighted by Crippen LogP contribution is 2.33. The summed E-state index contributed by atoms with van der Waals surface area (Å²) in [7, 11) is 0. The van der Waals surface area contributed by atoms with E-state index in [2.05, 4.69) is 37.3 Å². The Hall–Kier alpha value is -3.69. The Balaban J connectivity index is 1.06. The summed E-state index contributed by atoms with van der Waals surface area (Å²) in [6.07, 6.45) is 5.08. The van der Waals surface area contributed by atoms with E-state index >= 15 is 0 Å². The van der Waals surface area contributed by atoms with Crippen LogP contribution in [0.15, 0.2) is 54.9 Å². The van der Waals surface area contributed by atoms with E-state index in [0.717, 1.165) is 56.7 Å². The van der Waals surface area contributed by atoms with Gasteiger partial charge in [-0.15, -0.1) is 0 Å². The van der Waals surface area contributed by atoms with E-state index < -0.39 is 0 Å². The summed E-state index contributed by atoms with van der Waals surface area (Å²) in [6.45, 7) is 9.32. The summed E-state index contributed by atoms with van der Waals surface area (Å²) in [5.74, 6) is 1.60. The monoisotopic (exact) mass is 554 g/mol. The highest BCUT2D eigenvalue weighted by Gasteiger charge is 2.42. The van der Waals surface area contributed by atoms with Crippen LogP contribution in [0.4, 0.5) is 0 Å². The van der Waals surface area contributed by atoms with E-state index in [1.165, 1.54) is 0 Å². The molecule has 9 heteroatoms. The number of nitrogens with zero attached hydrogens (tertiary/aromatic N) is 5. The Bertz CT molecular complexity index is 1340. The molecule has 3 aromatic rings. The van der Waals surface area contributed by atoms with Crippen molar-refractivity contribution in [3.63, 3.8) is 0 Å². The standard InChI is InChI=1S/C32H38N6O3/c1-21-29(22(2)35-30(34-21)24-8-12-33-13-9-24)32(40)38-18-26-16-37(17-27(26)19-38)14-10-28(23-6-4-3-5-7-23)36-31(39)25-11-15-41-20-25/h3-9,12-13,25-28H,10-11,14-20H2,1-2H3,(H,36,39)/t25?,26?,27?,28-/m0/s1. The maximum Gasteiger partial charge on any atom is 0.257 e. The molecule has 0 radical (unpaired) electrons. The fraction of sp³-hybridized carbons (Fsp3) is 0.469. The first-order chi connectivity index (χ1) is 20.0. The van der Waals surface area contributed by atoms with Crippen molar-refractivity contribution >= 4 is 11.8 Å². The van der Waals surface area contributed by atoms with Crippen molar-refractivity contribution in [2.24, 2.45) is 17.8 Å². The molecule has 5 heterocycles. The number of carbonyl (C=O) groups is 2. The molecule has 6 rings (SSSR count). The third-order valence-corrected chi connectivity index (χ3v) is 8.83. The average Bonchev–Trinajstić information content (AvgIpc) is 3.73. The van der Waals surface area contributed by atoms with Crippen LogP contribution in [-0.2, 0) is 9.53 Å². The van der Waals surface area contributed by atoms with Crippen molar-refractivity contribution in [3.8, 4) is 11.4 Å². The van der Waals surface area contributed by atoms with Gasteiger partial charge in [0.15, 0.2) is 5.82 Å². The van der Waals surface area contributed by atoms with Gasteiger partial charge in [-0.25, -0.2) is 9.97 Å². The van der Waals surface area contributed by atoms with Crippen molar-refractivity contribution in [1.82, 2.24) is 30.1 Å². The molecule has 0 aliphatic carbocycles. The van der Waals surface area contributed by atoms with Gasteiger partial charge in [-0.1, -0.05) is 30.3 Å². The topological polar surface area (TPSA) is 101 Å². The highest BCUT2D eigenvalue weighted by atomic mass is 16.5. The lowest BCUT2D eigenvalue weighted by Gasteiger charge is -2.26. The summed E-state index contributed by atoms with van der Waals surface area (Å²) >= 11 is 0. The Morgan fingerprint density at radius 3 is 2.29 bits per heavy atom. The highest BCUT2D eigenvalue weighted by molar-refractivity contribution is 5.96. The maximum absolute atomic E-state index is 13.6. The number of hydrogen-bond acceptors (Lipinski definition) is 7. The number of aryl methyl sites for hydroxylation is 2. The number of aromatic nitrogens is 3. The van der Waals surface area contributed by atoms with Gasteiger partial charge in [0.2, 0.25) is 5.91 Å². The number of amides is 2. The Kier molecular flexibility index (Phi) is 8.07. The number of likely N-dealkylation sites (tertiary alicyclic amines) is 2. The van der Waals surface area contributed by atoms with E-state index in [0.29, 0.717) is 47.8 Å². The molecule has 3 saturated heterocycles. The first kappa shape index (κ1) is 27.5. The van der Waals surface area contributed by atoms with Crippen LogP contribution < -0.4 is 5.32 Å². The third-order valence-electron chi connectivity index (χ3n) is 8.83. The summed E-state index contributed by atoms with van der Waals surface area (Å²) in [6, 6.07) is 14.0. The number of pyridine rings is 1. The number of hydrogen-bond donors (Lipinski definition) is 1. The number of ether oxygens (including phenoxy) is 1. The van der Waals surface area contributed by atoms with Crippen LogP contribution in [0.3, 0.4) is 0 Å². The van der Waals surface area contributed by atoms with Gasteiger partial charge >= 0.3 is 0 Å². The van der Waals surface area contributed by atoms with Gasteiger partial charge in [-0.2, -0.15) is 0 Å². The molecule has 1 N–H and O–H groups in total. The lowest BCUT2D eigenvalue weighted by Crippen LogP contribution is -2.37. The van der Waals surface area contributed by atoms with E-state index in [1.54, 1.807) is 12.4 Å². The summed E-state index contributed by atoms with van der Waals surface area (Å²) in [5.41, 5.74) is 4.08. The molecule has 0 saturated carbocycles. The molecular formula is C32H38N6O3. The second kappa shape index (κ2) is 12.0. The van der Waals surface area contributed by atoms with Gasteiger partial charge in [0.1, 0.15) is 0 Å². The minimum absolute atomic E-state index is 0.0242. The van der Waals surface area contributed by atoms with Crippen LogP contribution in [0, 0.1) is 31.6 Å². The molecule has 0 spiro atoms. The zero-order valence-corrected chi connectivity index (χ0v) is 23.8. The normalized spacial score (nSPS) is 23.0. The van der Waals surface area contributed by atoms with Crippen LogP contribution >= 0.6 is 0 Å². The molecule has 3 aliphatic heterocycles. The largest absolute Gasteiger partial charge is 0.381 e. The quantitative estimate of drug-likeness (QED) is 0.455. The van der Waals surface area contributed by atoms with Crippen molar-refractivity contribution < 1.29 is 14.3 Å². The fourth-order valence-electron chi connectivity index (χ4n) is 6.60. The molecule has 41 heavy (non-hydrogen) atoms. The van der Waals surface area contributed by atoms with Crippen molar-refractivity contribution in [2.75, 3.05) is 45.9 Å². The van der Waals surface area contributed by atoms with E-state index in [1.807, 2.05) is 49.1 Å². The van der Waals surface area contributed by atoms with Gasteiger partial charge in [-0.3, -0.25) is 14.6 Å².